The first-order valence-electron chi connectivity index (χ1n) is 6.50. The Morgan fingerprint density at radius 2 is 2.22 bits per heavy atom. The summed E-state index contributed by atoms with van der Waals surface area (Å²) in [6.07, 6.45) is 3.05. The maximum atomic E-state index is 6.06. The molecule has 4 heteroatoms. The Bertz CT molecular complexity index is 509. The fourth-order valence-electron chi connectivity index (χ4n) is 1.99. The monoisotopic (exact) mass is 264 g/mol. The molecule has 1 aromatic carbocycles. The number of benzene rings is 1. The van der Waals surface area contributed by atoms with Crippen molar-refractivity contribution < 1.29 is 4.74 Å². The molecule has 0 aliphatic rings. The van der Waals surface area contributed by atoms with Crippen LogP contribution in [0.15, 0.2) is 18.2 Å². The molecule has 0 aliphatic heterocycles. The number of ether oxygens (including phenoxy) is 1. The van der Waals surface area contributed by atoms with Crippen LogP contribution in [0.3, 0.4) is 0 Å². The molecule has 0 fully saturated rings. The number of fused-ring (bicyclic) bond motifs is 1. The number of nitrogens with two attached hydrogens (primary N) is 1. The lowest BCUT2D eigenvalue weighted by Crippen LogP contribution is -2.22. The highest BCUT2D eigenvalue weighted by Gasteiger charge is 2.09. The van der Waals surface area contributed by atoms with Crippen LogP contribution in [0.1, 0.15) is 31.7 Å². The predicted octanol–water partition coefficient (Wildman–Crippen LogP) is 3.36. The van der Waals surface area contributed by atoms with E-state index in [0.29, 0.717) is 6.61 Å². The molecule has 0 radical (unpaired) electrons. The molecule has 2 N–H and O–H groups in total. The van der Waals surface area contributed by atoms with E-state index in [-0.39, 0.29) is 6.04 Å². The van der Waals surface area contributed by atoms with Crippen molar-refractivity contribution in [1.82, 2.24) is 4.98 Å². The highest BCUT2D eigenvalue weighted by molar-refractivity contribution is 7.18. The van der Waals surface area contributed by atoms with Gasteiger partial charge < -0.3 is 10.5 Å². The molecule has 1 aromatic heterocycles. The van der Waals surface area contributed by atoms with Crippen molar-refractivity contribution >= 4 is 21.6 Å². The van der Waals surface area contributed by atoms with Gasteiger partial charge in [0, 0.05) is 12.5 Å². The highest BCUT2D eigenvalue weighted by Crippen LogP contribution is 2.27. The van der Waals surface area contributed by atoms with Crippen LogP contribution >= 0.6 is 11.3 Å². The summed E-state index contributed by atoms with van der Waals surface area (Å²) in [4.78, 5) is 4.62. The first kappa shape index (κ1) is 13.3. The number of hydrogen-bond acceptors (Lipinski definition) is 4. The summed E-state index contributed by atoms with van der Waals surface area (Å²) in [6.45, 7) is 4.84. The second-order valence-corrected chi connectivity index (χ2v) is 5.54. The van der Waals surface area contributed by atoms with Crippen LogP contribution in [-0.2, 0) is 6.42 Å². The van der Waals surface area contributed by atoms with Gasteiger partial charge in [-0.25, -0.2) is 4.98 Å². The van der Waals surface area contributed by atoms with Crippen molar-refractivity contribution in [2.75, 3.05) is 6.61 Å². The minimum Gasteiger partial charge on any atom is -0.494 e. The van der Waals surface area contributed by atoms with Crippen molar-refractivity contribution in [3.05, 3.63) is 23.2 Å². The molecule has 0 amide bonds. The molecule has 2 aromatic rings. The summed E-state index contributed by atoms with van der Waals surface area (Å²) in [5.74, 6) is 0.915. The summed E-state index contributed by atoms with van der Waals surface area (Å²) < 4.78 is 6.68. The summed E-state index contributed by atoms with van der Waals surface area (Å²) in [5.41, 5.74) is 7.10. The number of thiazole rings is 1. The minimum absolute atomic E-state index is 0.224. The largest absolute Gasteiger partial charge is 0.494 e. The van der Waals surface area contributed by atoms with E-state index in [9.17, 15) is 0 Å². The van der Waals surface area contributed by atoms with Gasteiger partial charge in [-0.1, -0.05) is 13.3 Å². The first-order chi connectivity index (χ1) is 8.72. The predicted molar refractivity (Wildman–Crippen MR) is 77.4 cm³/mol. The van der Waals surface area contributed by atoms with Gasteiger partial charge in [-0.05, 0) is 31.5 Å². The first-order valence-corrected chi connectivity index (χ1v) is 7.32. The quantitative estimate of drug-likeness (QED) is 0.870. The van der Waals surface area contributed by atoms with E-state index >= 15 is 0 Å². The standard InChI is InChI=1S/C14H20N2OS/c1-3-5-10(15)8-14-16-12-7-6-11(17-4-2)9-13(12)18-14/h6-7,9-10H,3-5,8,15H2,1-2H3. The maximum absolute atomic E-state index is 6.06. The molecule has 18 heavy (non-hydrogen) atoms. The lowest BCUT2D eigenvalue weighted by atomic mass is 10.1. The summed E-state index contributed by atoms with van der Waals surface area (Å²) in [7, 11) is 0. The normalized spacial score (nSPS) is 12.8. The van der Waals surface area contributed by atoms with Crippen LogP contribution in [0.25, 0.3) is 10.2 Å². The molecule has 1 heterocycles. The zero-order valence-corrected chi connectivity index (χ0v) is 11.8. The lowest BCUT2D eigenvalue weighted by molar-refractivity contribution is 0.341. The molecule has 3 nitrogen and oxygen atoms in total. The van der Waals surface area contributed by atoms with Crippen LogP contribution < -0.4 is 10.5 Å². The van der Waals surface area contributed by atoms with Gasteiger partial charge in [0.1, 0.15) is 5.75 Å². The van der Waals surface area contributed by atoms with Gasteiger partial charge >= 0.3 is 0 Å². The van der Waals surface area contributed by atoms with Gasteiger partial charge in [0.25, 0.3) is 0 Å². The average molecular weight is 264 g/mol. The zero-order valence-electron chi connectivity index (χ0n) is 11.0. The highest BCUT2D eigenvalue weighted by atomic mass is 32.1. The Labute approximate surface area is 112 Å². The van der Waals surface area contributed by atoms with Crippen LogP contribution in [0.5, 0.6) is 5.75 Å². The van der Waals surface area contributed by atoms with Gasteiger partial charge in [0.05, 0.1) is 21.8 Å². The molecular formula is C14H20N2OS. The Morgan fingerprint density at radius 3 is 2.94 bits per heavy atom. The summed E-state index contributed by atoms with van der Waals surface area (Å²) in [6, 6.07) is 6.28. The molecule has 0 bridgehead atoms. The fourth-order valence-corrected chi connectivity index (χ4v) is 3.08. The molecule has 0 saturated heterocycles. The molecule has 2 rings (SSSR count). The van der Waals surface area contributed by atoms with Crippen LogP contribution in [0.4, 0.5) is 0 Å². The smallest absolute Gasteiger partial charge is 0.120 e. The second kappa shape index (κ2) is 6.16. The SMILES string of the molecule is CCCC(N)Cc1nc2ccc(OCC)cc2s1. The van der Waals surface area contributed by atoms with E-state index in [0.717, 1.165) is 35.5 Å². The molecule has 1 atom stereocenters. The number of rotatable bonds is 6. The van der Waals surface area contributed by atoms with Crippen molar-refractivity contribution in [2.45, 2.75) is 39.2 Å². The Kier molecular flexibility index (Phi) is 4.55. The summed E-state index contributed by atoms with van der Waals surface area (Å²) in [5, 5.41) is 1.12. The van der Waals surface area contributed by atoms with Gasteiger partial charge in [0.15, 0.2) is 0 Å². The zero-order chi connectivity index (χ0) is 13.0. The van der Waals surface area contributed by atoms with E-state index in [2.05, 4.69) is 18.0 Å². The third kappa shape index (κ3) is 3.21. The van der Waals surface area contributed by atoms with Crippen molar-refractivity contribution in [3.63, 3.8) is 0 Å². The van der Waals surface area contributed by atoms with Gasteiger partial charge in [-0.3, -0.25) is 0 Å². The number of aromatic nitrogens is 1. The van der Waals surface area contributed by atoms with Gasteiger partial charge in [-0.2, -0.15) is 0 Å². The van der Waals surface area contributed by atoms with Crippen molar-refractivity contribution in [2.24, 2.45) is 5.73 Å². The van der Waals surface area contributed by atoms with Crippen molar-refractivity contribution in [1.29, 1.82) is 0 Å². The third-order valence-corrected chi connectivity index (χ3v) is 3.85. The van der Waals surface area contributed by atoms with Crippen LogP contribution in [0, 0.1) is 0 Å². The summed E-state index contributed by atoms with van der Waals surface area (Å²) >= 11 is 1.72. The molecular weight excluding hydrogens is 244 g/mol. The van der Waals surface area contributed by atoms with Crippen molar-refractivity contribution in [3.8, 4) is 5.75 Å². The molecule has 98 valence electrons. The van der Waals surface area contributed by atoms with E-state index in [4.69, 9.17) is 10.5 Å². The minimum atomic E-state index is 0.224. The lowest BCUT2D eigenvalue weighted by Gasteiger charge is -2.06. The fraction of sp³-hybridized carbons (Fsp3) is 0.500. The second-order valence-electron chi connectivity index (χ2n) is 4.42. The Morgan fingerprint density at radius 1 is 1.39 bits per heavy atom. The molecule has 0 saturated carbocycles. The van der Waals surface area contributed by atoms with Crippen LogP contribution in [0.2, 0.25) is 0 Å². The Hall–Kier alpha value is -1.13. The maximum Gasteiger partial charge on any atom is 0.120 e. The molecule has 0 spiro atoms. The molecule has 1 unspecified atom stereocenters. The van der Waals surface area contributed by atoms with E-state index in [1.54, 1.807) is 11.3 Å². The van der Waals surface area contributed by atoms with E-state index in [1.807, 2.05) is 19.1 Å². The van der Waals surface area contributed by atoms with E-state index < -0.39 is 0 Å². The van der Waals surface area contributed by atoms with E-state index in [1.165, 1.54) is 4.70 Å². The van der Waals surface area contributed by atoms with Gasteiger partial charge in [0.2, 0.25) is 0 Å². The van der Waals surface area contributed by atoms with Gasteiger partial charge in [-0.15, -0.1) is 11.3 Å². The molecule has 0 aliphatic carbocycles. The average Bonchev–Trinajstić information content (AvgIpc) is 2.71. The Balaban J connectivity index is 2.16. The third-order valence-electron chi connectivity index (χ3n) is 2.81. The number of nitrogens with zero attached hydrogens (tertiary/aromatic N) is 1. The number of hydrogen-bond donors (Lipinski definition) is 1. The topological polar surface area (TPSA) is 48.1 Å². The van der Waals surface area contributed by atoms with Crippen LogP contribution in [-0.4, -0.2) is 17.6 Å².